The van der Waals surface area contributed by atoms with E-state index in [0.29, 0.717) is 84.2 Å². The Kier molecular flexibility index (Phi) is 11.8. The second-order valence-corrected chi connectivity index (χ2v) is 21.0. The molecule has 1 aromatic carbocycles. The maximum atomic E-state index is 10.8. The van der Waals surface area contributed by atoms with Crippen LogP contribution in [0, 0.1) is 13.8 Å². The average molecular weight is 1010 g/mol. The van der Waals surface area contributed by atoms with Gasteiger partial charge in [-0.2, -0.15) is 25.5 Å². The third kappa shape index (κ3) is 8.10. The summed E-state index contributed by atoms with van der Waals surface area (Å²) < 4.78 is 19.7. The van der Waals surface area contributed by atoms with E-state index in [4.69, 9.17) is 49.9 Å². The highest BCUT2D eigenvalue weighted by Gasteiger charge is 2.31. The number of aliphatic hydroxyl groups excluding tert-OH is 2. The summed E-state index contributed by atoms with van der Waals surface area (Å²) in [6, 6.07) is 10.3. The number of likely N-dealkylation sites (N-methyl/N-ethyl adjacent to an activating group) is 2. The lowest BCUT2D eigenvalue weighted by Gasteiger charge is -2.26. The van der Waals surface area contributed by atoms with Gasteiger partial charge in [0, 0.05) is 72.1 Å². The lowest BCUT2D eigenvalue weighted by atomic mass is 9.95. The summed E-state index contributed by atoms with van der Waals surface area (Å²) in [4.78, 5) is 23.4. The number of hydrogen-bond acceptors (Lipinski definition) is 15. The lowest BCUT2D eigenvalue weighted by molar-refractivity contribution is 0.131. The summed E-state index contributed by atoms with van der Waals surface area (Å²) in [5.41, 5.74) is 13.2. The molecule has 0 aliphatic carbocycles. The molecule has 21 heteroatoms. The van der Waals surface area contributed by atoms with Crippen LogP contribution < -0.4 is 9.47 Å². The minimum atomic E-state index is -0.620. The van der Waals surface area contributed by atoms with Crippen molar-refractivity contribution in [2.45, 2.75) is 112 Å². The van der Waals surface area contributed by atoms with E-state index in [2.05, 4.69) is 72.9 Å². The second kappa shape index (κ2) is 18.4. The number of fused-ring (bicyclic) bond motifs is 10. The molecule has 75 heavy (non-hydrogen) atoms. The molecule has 0 spiro atoms. The fraction of sp³-hybridized carbons (Fsp3) is 0.426. The minimum Gasteiger partial charge on any atom is -0.473 e. The largest absolute Gasteiger partial charge is 0.473 e. The molecule has 0 fully saturated rings. The Hall–Kier alpha value is -7.59. The number of aromatic amines is 1. The number of nitrogens with one attached hydrogen (secondary N) is 1. The molecule has 11 heterocycles. The number of ether oxygens (including phenoxy) is 2. The summed E-state index contributed by atoms with van der Waals surface area (Å²) in [7, 11) is 3.95. The van der Waals surface area contributed by atoms with E-state index < -0.39 is 6.10 Å². The number of benzene rings is 1. The van der Waals surface area contributed by atoms with Gasteiger partial charge in [-0.1, -0.05) is 20.8 Å². The summed E-state index contributed by atoms with van der Waals surface area (Å²) in [5, 5.41) is 58.5. The molecule has 12 rings (SSSR count). The van der Waals surface area contributed by atoms with Gasteiger partial charge in [0.25, 0.3) is 0 Å². The van der Waals surface area contributed by atoms with Crippen LogP contribution in [-0.4, -0.2) is 146 Å². The highest BCUT2D eigenvalue weighted by atomic mass is 16.5. The van der Waals surface area contributed by atoms with Crippen LogP contribution in [0.1, 0.15) is 88.8 Å². The van der Waals surface area contributed by atoms with Crippen molar-refractivity contribution < 1.29 is 19.7 Å². The molecular formula is C54H63N17O4. The van der Waals surface area contributed by atoms with Gasteiger partial charge < -0.3 is 19.7 Å². The van der Waals surface area contributed by atoms with Gasteiger partial charge in [0.2, 0.25) is 11.8 Å². The van der Waals surface area contributed by atoms with Crippen LogP contribution in [0.2, 0.25) is 0 Å². The zero-order chi connectivity index (χ0) is 52.3. The van der Waals surface area contributed by atoms with Crippen molar-refractivity contribution in [1.29, 1.82) is 0 Å². The Morgan fingerprint density at radius 3 is 2.31 bits per heavy atom. The number of aromatic nitrogens is 15. The van der Waals surface area contributed by atoms with Crippen molar-refractivity contribution in [3.63, 3.8) is 0 Å². The van der Waals surface area contributed by atoms with Gasteiger partial charge in [-0.15, -0.1) is 14.7 Å². The monoisotopic (exact) mass is 1010 g/mol. The first-order valence-electron chi connectivity index (χ1n) is 25.9. The van der Waals surface area contributed by atoms with Gasteiger partial charge in [-0.25, -0.2) is 9.67 Å². The van der Waals surface area contributed by atoms with Crippen molar-refractivity contribution in [3.05, 3.63) is 77.3 Å². The molecule has 0 amide bonds. The molecule has 4 atom stereocenters. The molecule has 2 aliphatic rings. The molecule has 0 radical (unpaired) electrons. The Bertz CT molecular complexity index is 3850. The van der Waals surface area contributed by atoms with Crippen molar-refractivity contribution >= 4 is 43.7 Å². The van der Waals surface area contributed by atoms with Crippen LogP contribution in [0.25, 0.3) is 88.8 Å². The highest BCUT2D eigenvalue weighted by molar-refractivity contribution is 5.99. The number of rotatable bonds is 7. The second-order valence-electron chi connectivity index (χ2n) is 21.0. The number of hydrogen-bond donors (Lipinski definition) is 3. The summed E-state index contributed by atoms with van der Waals surface area (Å²) >= 11 is 0. The number of pyridine rings is 3. The van der Waals surface area contributed by atoms with Crippen LogP contribution in [-0.2, 0) is 26.7 Å². The topological polar surface area (TPSA) is 222 Å². The Balaban J connectivity index is 1.11. The SMILES string of the molecule is CCN1Cc2c3cc(cc(C(C)C)c3nn2C[C@H](C)O)-c2nn(-n3nc(C)c4c3O[C@@H](C)CN(C)Cc3c5cc(ncc5nn3[C@@H](C)CO)-c3n[nH]c5c(C)nc-4cc35)c3ncc(cc23)-c2cnn(C)c2O[C@@H](C)C1. The van der Waals surface area contributed by atoms with E-state index in [1.165, 1.54) is 0 Å². The van der Waals surface area contributed by atoms with Gasteiger partial charge in [0.15, 0.2) is 5.65 Å². The van der Waals surface area contributed by atoms with E-state index in [1.807, 2.05) is 68.6 Å². The van der Waals surface area contributed by atoms with Crippen LogP contribution in [0.4, 0.5) is 0 Å². The molecule has 0 saturated heterocycles. The molecule has 8 bridgehead atoms. The normalized spacial score (nSPS) is 17.5. The van der Waals surface area contributed by atoms with Crippen molar-refractivity contribution in [3.8, 4) is 56.8 Å². The molecule has 21 nitrogen and oxygen atoms in total. The van der Waals surface area contributed by atoms with Gasteiger partial charge in [0.05, 0.1) is 94.0 Å². The predicted molar refractivity (Wildman–Crippen MR) is 285 cm³/mol. The first kappa shape index (κ1) is 48.4. The first-order valence-corrected chi connectivity index (χ1v) is 25.9. The highest BCUT2D eigenvalue weighted by Crippen LogP contribution is 2.42. The van der Waals surface area contributed by atoms with Crippen LogP contribution in [0.5, 0.6) is 11.8 Å². The van der Waals surface area contributed by atoms with E-state index in [-0.39, 0.29) is 30.8 Å². The van der Waals surface area contributed by atoms with Gasteiger partial charge in [-0.3, -0.25) is 34.2 Å². The standard InChI is InChI=1S/C54H63N17O4/c1-12-67-23-31(7)74-53-41(19-57-66(53)11)35-15-40-49(34-13-36(27(2)3)50-38(14-34)45(25-67)68(63-50)21-29(5)73)64-70(52(40)56-18-35)71-54-47(32(8)61-71)42-17-39-48(33(9)58-42)59-60-51(39)43-16-37-44(20-55-43)62-69(28(4)26-72)46(37)24-65(10)22-30(6)75-54/h13-20,27-31,72-73H,12,21-26H2,1-11H3,(H,59,60)/t28-,29-,30-,31-/m0/s1. The fourth-order valence-electron chi connectivity index (χ4n) is 11.1. The van der Waals surface area contributed by atoms with Crippen LogP contribution in [0.15, 0.2) is 48.9 Å². The minimum absolute atomic E-state index is 0.0746. The summed E-state index contributed by atoms with van der Waals surface area (Å²) in [6.45, 7) is 21.6. The Morgan fingerprint density at radius 1 is 0.760 bits per heavy atom. The fourth-order valence-corrected chi connectivity index (χ4v) is 11.1. The Morgan fingerprint density at radius 2 is 1.53 bits per heavy atom. The molecule has 10 aromatic rings. The molecule has 388 valence electrons. The predicted octanol–water partition coefficient (Wildman–Crippen LogP) is 7.20. The van der Waals surface area contributed by atoms with Crippen molar-refractivity contribution in [2.75, 3.05) is 33.3 Å². The average Bonchev–Trinajstić information content (AvgIpc) is 4.29. The number of aliphatic hydroxyl groups is 2. The smallest absolute Gasteiger partial charge is 0.245 e. The Labute approximate surface area is 432 Å². The molecule has 3 N–H and O–H groups in total. The van der Waals surface area contributed by atoms with E-state index in [1.54, 1.807) is 27.4 Å². The van der Waals surface area contributed by atoms with E-state index in [9.17, 15) is 10.2 Å². The summed E-state index contributed by atoms with van der Waals surface area (Å²) in [5.74, 6) is 1.16. The van der Waals surface area contributed by atoms with Crippen LogP contribution >= 0.6 is 0 Å². The molecule has 0 unspecified atom stereocenters. The number of H-pyrrole nitrogens is 1. The van der Waals surface area contributed by atoms with Gasteiger partial charge in [-0.05, 0) is 96.9 Å². The third-order valence-corrected chi connectivity index (χ3v) is 14.7. The van der Waals surface area contributed by atoms with Gasteiger partial charge in [0.1, 0.15) is 29.1 Å². The van der Waals surface area contributed by atoms with Crippen molar-refractivity contribution in [1.82, 2.24) is 84.1 Å². The number of aryl methyl sites for hydroxylation is 3. The zero-order valence-corrected chi connectivity index (χ0v) is 44.3. The first-order chi connectivity index (χ1) is 36.1. The van der Waals surface area contributed by atoms with E-state index in [0.717, 1.165) is 84.0 Å². The molecule has 9 aromatic heterocycles. The maximum absolute atomic E-state index is 10.8. The zero-order valence-electron chi connectivity index (χ0n) is 44.3. The molecular weight excluding hydrogens is 951 g/mol. The third-order valence-electron chi connectivity index (χ3n) is 14.7. The molecule has 0 saturated carbocycles. The van der Waals surface area contributed by atoms with Gasteiger partial charge >= 0.3 is 0 Å². The quantitative estimate of drug-likeness (QED) is 0.144. The maximum Gasteiger partial charge on any atom is 0.245 e. The number of nitrogens with zero attached hydrogens (tertiary/aromatic N) is 16. The van der Waals surface area contributed by atoms with Crippen LogP contribution in [0.3, 0.4) is 0 Å². The lowest BCUT2D eigenvalue weighted by Crippen LogP contribution is -2.34. The van der Waals surface area contributed by atoms with E-state index >= 15 is 0 Å². The van der Waals surface area contributed by atoms with Crippen molar-refractivity contribution in [2.24, 2.45) is 7.05 Å². The summed E-state index contributed by atoms with van der Waals surface area (Å²) in [6.07, 6.45) is 4.24. The molecule has 2 aliphatic heterocycles.